The number of carbonyl (C=O) groups is 1. The van der Waals surface area contributed by atoms with Crippen molar-refractivity contribution in [2.75, 3.05) is 12.0 Å². The molecule has 2 aromatic rings. The van der Waals surface area contributed by atoms with Gasteiger partial charge < -0.3 is 14.4 Å². The summed E-state index contributed by atoms with van der Waals surface area (Å²) in [4.78, 5) is 12.9. The first-order valence-electron chi connectivity index (χ1n) is 7.35. The highest BCUT2D eigenvalue weighted by Gasteiger charge is 2.53. The number of fused-ring (bicyclic) bond motifs is 1. The maximum atomic E-state index is 14.3. The monoisotopic (exact) mass is 373 g/mol. The SMILES string of the molecule is COc1ccc(CN2C(=O)C(F)(F)c3cc(OC(F)(F)F)ccc32)cc1. The number of rotatable bonds is 4. The van der Waals surface area contributed by atoms with E-state index < -0.39 is 29.5 Å². The van der Waals surface area contributed by atoms with Crippen molar-refractivity contribution in [2.45, 2.75) is 18.8 Å². The molecule has 2 aromatic carbocycles. The number of amides is 1. The smallest absolute Gasteiger partial charge is 0.497 e. The molecule has 1 heterocycles. The molecule has 9 heteroatoms. The largest absolute Gasteiger partial charge is 0.573 e. The molecule has 0 spiro atoms. The molecule has 0 radical (unpaired) electrons. The Labute approximate surface area is 144 Å². The second-order valence-corrected chi connectivity index (χ2v) is 5.54. The minimum Gasteiger partial charge on any atom is -0.497 e. The molecule has 3 rings (SSSR count). The molecule has 0 N–H and O–H groups in total. The predicted molar refractivity (Wildman–Crippen MR) is 81.2 cm³/mol. The summed E-state index contributed by atoms with van der Waals surface area (Å²) >= 11 is 0. The van der Waals surface area contributed by atoms with E-state index in [0.717, 1.165) is 17.0 Å². The fourth-order valence-electron chi connectivity index (χ4n) is 2.66. The van der Waals surface area contributed by atoms with Gasteiger partial charge in [-0.25, -0.2) is 0 Å². The van der Waals surface area contributed by atoms with Crippen LogP contribution in [0, 0.1) is 0 Å². The number of hydrogen-bond donors (Lipinski definition) is 0. The van der Waals surface area contributed by atoms with Crippen LogP contribution in [-0.2, 0) is 17.3 Å². The van der Waals surface area contributed by atoms with Crippen LogP contribution in [0.3, 0.4) is 0 Å². The van der Waals surface area contributed by atoms with Crippen LogP contribution in [-0.4, -0.2) is 19.4 Å². The molecule has 138 valence electrons. The predicted octanol–water partition coefficient (Wildman–Crippen LogP) is 4.23. The van der Waals surface area contributed by atoms with Gasteiger partial charge in [-0.3, -0.25) is 4.79 Å². The summed E-state index contributed by atoms with van der Waals surface area (Å²) in [6.07, 6.45) is -5.02. The van der Waals surface area contributed by atoms with Crippen molar-refractivity contribution in [1.29, 1.82) is 0 Å². The lowest BCUT2D eigenvalue weighted by atomic mass is 10.1. The lowest BCUT2D eigenvalue weighted by molar-refractivity contribution is -0.274. The average Bonchev–Trinajstić information content (AvgIpc) is 2.75. The summed E-state index contributed by atoms with van der Waals surface area (Å²) < 4.78 is 74.1. The molecular formula is C17H12F5NO3. The van der Waals surface area contributed by atoms with Crippen LogP contribution in [0.2, 0.25) is 0 Å². The van der Waals surface area contributed by atoms with E-state index >= 15 is 0 Å². The van der Waals surface area contributed by atoms with Crippen LogP contribution in [0.4, 0.5) is 27.6 Å². The number of halogens is 5. The number of hydrogen-bond acceptors (Lipinski definition) is 3. The molecule has 0 saturated carbocycles. The van der Waals surface area contributed by atoms with Crippen LogP contribution in [0.5, 0.6) is 11.5 Å². The fourth-order valence-corrected chi connectivity index (χ4v) is 2.66. The third kappa shape index (κ3) is 3.29. The Balaban J connectivity index is 1.93. The summed E-state index contributed by atoms with van der Waals surface area (Å²) in [6.45, 7) is -0.162. The first-order valence-corrected chi connectivity index (χ1v) is 7.35. The molecule has 0 bridgehead atoms. The minimum atomic E-state index is -5.02. The Bertz CT molecular complexity index is 833. The van der Waals surface area contributed by atoms with Crippen LogP contribution in [0.1, 0.15) is 11.1 Å². The summed E-state index contributed by atoms with van der Waals surface area (Å²) in [5, 5.41) is 0. The highest BCUT2D eigenvalue weighted by atomic mass is 19.4. The van der Waals surface area contributed by atoms with Crippen molar-refractivity contribution < 1.29 is 36.2 Å². The number of carbonyl (C=O) groups excluding carboxylic acids is 1. The zero-order valence-electron chi connectivity index (χ0n) is 13.3. The number of methoxy groups -OCH3 is 1. The Morgan fingerprint density at radius 1 is 1.04 bits per heavy atom. The summed E-state index contributed by atoms with van der Waals surface area (Å²) in [5.74, 6) is -5.70. The van der Waals surface area contributed by atoms with Gasteiger partial charge in [0.05, 0.1) is 24.9 Å². The van der Waals surface area contributed by atoms with Gasteiger partial charge >= 0.3 is 18.2 Å². The van der Waals surface area contributed by atoms with E-state index in [9.17, 15) is 26.7 Å². The van der Waals surface area contributed by atoms with E-state index in [1.54, 1.807) is 24.3 Å². The molecule has 1 aliphatic rings. The first-order chi connectivity index (χ1) is 12.1. The first kappa shape index (κ1) is 18.0. The van der Waals surface area contributed by atoms with Crippen LogP contribution in [0.15, 0.2) is 42.5 Å². The van der Waals surface area contributed by atoms with Gasteiger partial charge in [0.25, 0.3) is 0 Å². The van der Waals surface area contributed by atoms with Gasteiger partial charge in [0.1, 0.15) is 11.5 Å². The molecule has 1 amide bonds. The van der Waals surface area contributed by atoms with Gasteiger partial charge in [0.15, 0.2) is 0 Å². The van der Waals surface area contributed by atoms with Crippen LogP contribution < -0.4 is 14.4 Å². The van der Waals surface area contributed by atoms with E-state index in [2.05, 4.69) is 4.74 Å². The molecule has 0 unspecified atom stereocenters. The molecule has 0 aliphatic carbocycles. The third-order valence-electron chi connectivity index (χ3n) is 3.84. The molecule has 4 nitrogen and oxygen atoms in total. The number of alkyl halides is 5. The lowest BCUT2D eigenvalue weighted by Crippen LogP contribution is -2.34. The molecule has 0 atom stereocenters. The van der Waals surface area contributed by atoms with Crippen molar-refractivity contribution in [3.8, 4) is 11.5 Å². The normalized spacial score (nSPS) is 15.8. The van der Waals surface area contributed by atoms with Crippen LogP contribution in [0.25, 0.3) is 0 Å². The van der Waals surface area contributed by atoms with E-state index in [1.807, 2.05) is 0 Å². The standard InChI is InChI=1S/C17H12F5NO3/c1-25-11-4-2-10(3-5-11)9-23-14-7-6-12(26-17(20,21)22)8-13(14)16(18,19)15(23)24/h2-8H,9H2,1H3. The van der Waals surface area contributed by atoms with Gasteiger partial charge in [-0.15, -0.1) is 13.2 Å². The summed E-state index contributed by atoms with van der Waals surface area (Å²) in [6, 6.07) is 8.85. The van der Waals surface area contributed by atoms with Gasteiger partial charge in [-0.2, -0.15) is 8.78 Å². The summed E-state index contributed by atoms with van der Waals surface area (Å²) in [7, 11) is 1.47. The quantitative estimate of drug-likeness (QED) is 0.753. The third-order valence-corrected chi connectivity index (χ3v) is 3.84. The van der Waals surface area contributed by atoms with Gasteiger partial charge in [0.2, 0.25) is 0 Å². The van der Waals surface area contributed by atoms with Crippen molar-refractivity contribution in [2.24, 2.45) is 0 Å². The topological polar surface area (TPSA) is 38.8 Å². The Kier molecular flexibility index (Phi) is 4.25. The molecule has 0 fully saturated rings. The van der Waals surface area contributed by atoms with Gasteiger partial charge in [-0.05, 0) is 35.9 Å². The summed E-state index contributed by atoms with van der Waals surface area (Å²) in [5.41, 5.74) is -0.429. The van der Waals surface area contributed by atoms with Crippen LogP contribution >= 0.6 is 0 Å². The molecule has 0 aromatic heterocycles. The Morgan fingerprint density at radius 2 is 1.65 bits per heavy atom. The van der Waals surface area contributed by atoms with Crippen molar-refractivity contribution in [3.63, 3.8) is 0 Å². The number of benzene rings is 2. The fraction of sp³-hybridized carbons (Fsp3) is 0.235. The van der Waals surface area contributed by atoms with Crippen molar-refractivity contribution in [1.82, 2.24) is 0 Å². The Morgan fingerprint density at radius 3 is 2.23 bits per heavy atom. The van der Waals surface area contributed by atoms with E-state index in [4.69, 9.17) is 4.74 Å². The zero-order chi connectivity index (χ0) is 19.1. The number of ether oxygens (including phenoxy) is 2. The van der Waals surface area contributed by atoms with Crippen molar-refractivity contribution in [3.05, 3.63) is 53.6 Å². The highest BCUT2D eigenvalue weighted by Crippen LogP contribution is 2.46. The molecular weight excluding hydrogens is 361 g/mol. The van der Waals surface area contributed by atoms with E-state index in [1.165, 1.54) is 7.11 Å². The lowest BCUT2D eigenvalue weighted by Gasteiger charge is -2.18. The average molecular weight is 373 g/mol. The minimum absolute atomic E-state index is 0.162. The molecule has 26 heavy (non-hydrogen) atoms. The van der Waals surface area contributed by atoms with E-state index in [-0.39, 0.29) is 12.2 Å². The second kappa shape index (κ2) is 6.15. The van der Waals surface area contributed by atoms with Gasteiger partial charge in [-0.1, -0.05) is 12.1 Å². The zero-order valence-corrected chi connectivity index (χ0v) is 13.3. The maximum absolute atomic E-state index is 14.3. The molecule has 1 aliphatic heterocycles. The number of anilines is 1. The molecule has 0 saturated heterocycles. The van der Waals surface area contributed by atoms with Gasteiger partial charge in [0, 0.05) is 0 Å². The highest BCUT2D eigenvalue weighted by molar-refractivity contribution is 6.05. The number of nitrogens with zero attached hydrogens (tertiary/aromatic N) is 1. The Hall–Kier alpha value is -2.84. The van der Waals surface area contributed by atoms with E-state index in [0.29, 0.717) is 17.4 Å². The maximum Gasteiger partial charge on any atom is 0.573 e. The second-order valence-electron chi connectivity index (χ2n) is 5.54. The van der Waals surface area contributed by atoms with Crippen molar-refractivity contribution >= 4 is 11.6 Å².